The number of para-hydroxylation sites is 1. The van der Waals surface area contributed by atoms with E-state index < -0.39 is 0 Å². The number of halogens is 1. The largest absolute Gasteiger partial charge is 0.491 e. The topological polar surface area (TPSA) is 35.2 Å². The van der Waals surface area contributed by atoms with E-state index in [0.29, 0.717) is 0 Å². The van der Waals surface area contributed by atoms with Crippen molar-refractivity contribution in [1.29, 1.82) is 0 Å². The molecule has 96 valence electrons. The fourth-order valence-corrected chi connectivity index (χ4v) is 2.58. The van der Waals surface area contributed by atoms with Gasteiger partial charge in [0.1, 0.15) is 5.75 Å². The molecule has 1 unspecified atom stereocenters. The highest BCUT2D eigenvalue weighted by Crippen LogP contribution is 2.30. The van der Waals surface area contributed by atoms with E-state index >= 15 is 0 Å². The average molecular weight is 318 g/mol. The van der Waals surface area contributed by atoms with Crippen LogP contribution in [0.3, 0.4) is 0 Å². The number of thioether (sulfide) groups is 1. The lowest BCUT2D eigenvalue weighted by Crippen LogP contribution is -2.18. The molecule has 0 bridgehead atoms. The van der Waals surface area contributed by atoms with Crippen LogP contribution in [0.5, 0.6) is 5.75 Å². The summed E-state index contributed by atoms with van der Waals surface area (Å²) in [6.07, 6.45) is 0.843. The Hall–Kier alpha value is -0.190. The minimum absolute atomic E-state index is 0.150. The van der Waals surface area contributed by atoms with E-state index in [1.54, 1.807) is 0 Å². The molecule has 0 radical (unpaired) electrons. The van der Waals surface area contributed by atoms with Crippen LogP contribution < -0.4 is 10.5 Å². The van der Waals surface area contributed by atoms with Crippen molar-refractivity contribution >= 4 is 27.7 Å². The molecule has 0 heterocycles. The molecule has 0 aliphatic heterocycles. The van der Waals surface area contributed by atoms with E-state index in [1.165, 1.54) is 5.56 Å². The Morgan fingerprint density at radius 3 is 2.88 bits per heavy atom. The highest BCUT2D eigenvalue weighted by atomic mass is 79.9. The van der Waals surface area contributed by atoms with Crippen LogP contribution in [0, 0.1) is 0 Å². The quantitative estimate of drug-likeness (QED) is 0.782. The molecule has 1 aromatic rings. The molecule has 0 spiro atoms. The Kier molecular flexibility index (Phi) is 7.00. The Morgan fingerprint density at radius 1 is 1.47 bits per heavy atom. The lowest BCUT2D eigenvalue weighted by atomic mass is 10.1. The normalized spacial score (nSPS) is 12.5. The predicted molar refractivity (Wildman–Crippen MR) is 80.0 cm³/mol. The van der Waals surface area contributed by atoms with Crippen molar-refractivity contribution in [1.82, 2.24) is 0 Å². The minimum atomic E-state index is 0.150. The molecule has 0 amide bonds. The maximum absolute atomic E-state index is 5.85. The fourth-order valence-electron chi connectivity index (χ4n) is 1.57. The van der Waals surface area contributed by atoms with Crippen LogP contribution >= 0.6 is 27.7 Å². The van der Waals surface area contributed by atoms with Crippen molar-refractivity contribution in [2.45, 2.75) is 26.3 Å². The van der Waals surface area contributed by atoms with Crippen LogP contribution in [0.15, 0.2) is 22.7 Å². The van der Waals surface area contributed by atoms with E-state index in [-0.39, 0.29) is 6.04 Å². The number of nitrogens with two attached hydrogens (primary N) is 1. The zero-order valence-corrected chi connectivity index (χ0v) is 12.8. The molecule has 1 aromatic carbocycles. The molecule has 0 aliphatic rings. The first kappa shape index (κ1) is 14.9. The summed E-state index contributed by atoms with van der Waals surface area (Å²) in [7, 11) is 0. The molecule has 0 saturated heterocycles. The van der Waals surface area contributed by atoms with Crippen molar-refractivity contribution in [2.24, 2.45) is 5.73 Å². The molecule has 0 aliphatic carbocycles. The highest BCUT2D eigenvalue weighted by molar-refractivity contribution is 9.10. The molecule has 0 fully saturated rings. The first-order valence-corrected chi connectivity index (χ1v) is 7.83. The Morgan fingerprint density at radius 2 is 2.24 bits per heavy atom. The predicted octanol–water partition coefficient (Wildman–Crippen LogP) is 3.47. The molecule has 0 aromatic heterocycles. The first-order chi connectivity index (χ1) is 8.15. The van der Waals surface area contributed by atoms with Crippen LogP contribution in [-0.4, -0.2) is 24.2 Å². The molecular formula is C13H20BrNOS. The number of hydrogen-bond acceptors (Lipinski definition) is 3. The minimum Gasteiger partial charge on any atom is -0.491 e. The van der Waals surface area contributed by atoms with Gasteiger partial charge in [0.05, 0.1) is 11.1 Å². The number of hydrogen-bond donors (Lipinski definition) is 1. The third-order valence-electron chi connectivity index (χ3n) is 2.27. The SMILES string of the molecule is CCSCCOc1c(Br)cccc1CC(C)N. The zero-order chi connectivity index (χ0) is 12.7. The Balaban J connectivity index is 2.66. The van der Waals surface area contributed by atoms with E-state index in [9.17, 15) is 0 Å². The van der Waals surface area contributed by atoms with E-state index in [0.717, 1.165) is 34.8 Å². The van der Waals surface area contributed by atoms with Gasteiger partial charge in [-0.15, -0.1) is 0 Å². The summed E-state index contributed by atoms with van der Waals surface area (Å²) in [6.45, 7) is 4.91. The molecule has 2 N–H and O–H groups in total. The number of ether oxygens (including phenoxy) is 1. The number of benzene rings is 1. The molecule has 17 heavy (non-hydrogen) atoms. The molecular weight excluding hydrogens is 298 g/mol. The summed E-state index contributed by atoms with van der Waals surface area (Å²) in [5.41, 5.74) is 7.02. The van der Waals surface area contributed by atoms with Gasteiger partial charge in [-0.2, -0.15) is 11.8 Å². The van der Waals surface area contributed by atoms with Crippen molar-refractivity contribution < 1.29 is 4.74 Å². The summed E-state index contributed by atoms with van der Waals surface area (Å²) < 4.78 is 6.86. The highest BCUT2D eigenvalue weighted by Gasteiger charge is 2.09. The summed E-state index contributed by atoms with van der Waals surface area (Å²) in [5, 5.41) is 0. The summed E-state index contributed by atoms with van der Waals surface area (Å²) in [4.78, 5) is 0. The summed E-state index contributed by atoms with van der Waals surface area (Å²) in [6, 6.07) is 6.26. The third kappa shape index (κ3) is 5.32. The fraction of sp³-hybridized carbons (Fsp3) is 0.538. The summed E-state index contributed by atoms with van der Waals surface area (Å²) >= 11 is 5.42. The monoisotopic (exact) mass is 317 g/mol. The van der Waals surface area contributed by atoms with Gasteiger partial charge in [-0.3, -0.25) is 0 Å². The van der Waals surface area contributed by atoms with Crippen LogP contribution in [0.4, 0.5) is 0 Å². The van der Waals surface area contributed by atoms with Gasteiger partial charge < -0.3 is 10.5 Å². The van der Waals surface area contributed by atoms with Crippen molar-refractivity contribution in [2.75, 3.05) is 18.1 Å². The smallest absolute Gasteiger partial charge is 0.136 e. The second-order valence-electron chi connectivity index (χ2n) is 3.95. The van der Waals surface area contributed by atoms with E-state index in [1.807, 2.05) is 30.8 Å². The van der Waals surface area contributed by atoms with Gasteiger partial charge in [-0.25, -0.2) is 0 Å². The van der Waals surface area contributed by atoms with Gasteiger partial charge in [0.15, 0.2) is 0 Å². The van der Waals surface area contributed by atoms with Gasteiger partial charge in [0.2, 0.25) is 0 Å². The van der Waals surface area contributed by atoms with Crippen molar-refractivity contribution in [3.8, 4) is 5.75 Å². The van der Waals surface area contributed by atoms with Crippen LogP contribution in [0.1, 0.15) is 19.4 Å². The second kappa shape index (κ2) is 8.01. The van der Waals surface area contributed by atoms with Crippen LogP contribution in [0.2, 0.25) is 0 Å². The summed E-state index contributed by atoms with van der Waals surface area (Å²) in [5.74, 6) is 3.10. The van der Waals surface area contributed by atoms with Gasteiger partial charge in [-0.1, -0.05) is 19.1 Å². The molecule has 4 heteroatoms. The van der Waals surface area contributed by atoms with Crippen LogP contribution in [0.25, 0.3) is 0 Å². The third-order valence-corrected chi connectivity index (χ3v) is 3.76. The number of rotatable bonds is 7. The van der Waals surface area contributed by atoms with Crippen LogP contribution in [-0.2, 0) is 6.42 Å². The first-order valence-electron chi connectivity index (χ1n) is 5.88. The lowest BCUT2D eigenvalue weighted by Gasteiger charge is -2.14. The van der Waals surface area contributed by atoms with Gasteiger partial charge in [0.25, 0.3) is 0 Å². The zero-order valence-electron chi connectivity index (χ0n) is 10.4. The van der Waals surface area contributed by atoms with Crippen molar-refractivity contribution in [3.05, 3.63) is 28.2 Å². The molecule has 2 nitrogen and oxygen atoms in total. The Bertz CT molecular complexity index is 344. The van der Waals surface area contributed by atoms with E-state index in [4.69, 9.17) is 10.5 Å². The second-order valence-corrected chi connectivity index (χ2v) is 6.20. The molecule has 0 saturated carbocycles. The maximum Gasteiger partial charge on any atom is 0.136 e. The standard InChI is InChI=1S/C13H20BrNOS/c1-3-17-8-7-16-13-11(9-10(2)15)5-4-6-12(13)14/h4-6,10H,3,7-9,15H2,1-2H3. The molecule has 1 rings (SSSR count). The van der Waals surface area contributed by atoms with Gasteiger partial charge in [0, 0.05) is 11.8 Å². The van der Waals surface area contributed by atoms with Crippen molar-refractivity contribution in [3.63, 3.8) is 0 Å². The van der Waals surface area contributed by atoms with Gasteiger partial charge >= 0.3 is 0 Å². The average Bonchev–Trinajstić information content (AvgIpc) is 2.26. The molecule has 1 atom stereocenters. The van der Waals surface area contributed by atoms with E-state index in [2.05, 4.69) is 28.9 Å². The lowest BCUT2D eigenvalue weighted by molar-refractivity contribution is 0.337. The Labute approximate surface area is 116 Å². The maximum atomic E-state index is 5.85. The van der Waals surface area contributed by atoms with Gasteiger partial charge in [-0.05, 0) is 46.7 Å².